The number of carbonyl (C=O) groups excluding carboxylic acids is 1. The highest BCUT2D eigenvalue weighted by molar-refractivity contribution is 6.33. The van der Waals surface area contributed by atoms with Crippen molar-refractivity contribution < 1.29 is 22.5 Å². The zero-order valence-corrected chi connectivity index (χ0v) is 26.0. The highest BCUT2D eigenvalue weighted by Gasteiger charge is 2.51. The second-order valence-corrected chi connectivity index (χ2v) is 12.1. The maximum atomic E-state index is 15.1. The van der Waals surface area contributed by atoms with Gasteiger partial charge < -0.3 is 5.32 Å². The molecule has 2 aliphatic rings. The Kier molecular flexibility index (Phi) is 9.81. The van der Waals surface area contributed by atoms with E-state index in [2.05, 4.69) is 41.0 Å². The van der Waals surface area contributed by atoms with Crippen molar-refractivity contribution in [2.45, 2.75) is 84.7 Å². The number of alkyl halides is 1. The third-order valence-electron chi connectivity index (χ3n) is 8.06. The Labute approximate surface area is 252 Å². The van der Waals surface area contributed by atoms with Crippen LogP contribution in [0.2, 0.25) is 5.02 Å². The molecule has 2 heterocycles. The van der Waals surface area contributed by atoms with Crippen LogP contribution in [0.4, 0.5) is 18.9 Å². The lowest BCUT2D eigenvalue weighted by Gasteiger charge is -2.24. The number of nitrogens with zero attached hydrogens (tertiary/aromatic N) is 2. The molecule has 1 N–H and O–H groups in total. The summed E-state index contributed by atoms with van der Waals surface area (Å²) in [6.45, 7) is 13.0. The molecule has 1 aliphatic heterocycles. The molecule has 1 amide bonds. The van der Waals surface area contributed by atoms with Crippen LogP contribution in [-0.2, 0) is 11.2 Å². The smallest absolute Gasteiger partial charge is 0.237 e. The van der Waals surface area contributed by atoms with Gasteiger partial charge in [-0.2, -0.15) is 4.58 Å². The molecule has 4 nitrogen and oxygen atoms in total. The molecule has 0 radical (unpaired) electrons. The Morgan fingerprint density at radius 2 is 1.81 bits per heavy atom. The summed E-state index contributed by atoms with van der Waals surface area (Å²) in [5.74, 6) is -1.80. The number of nitrogens with one attached hydrogen (secondary N) is 1. The van der Waals surface area contributed by atoms with Gasteiger partial charge >= 0.3 is 0 Å². The number of benzene rings is 2. The van der Waals surface area contributed by atoms with E-state index in [1.807, 2.05) is 32.9 Å². The summed E-state index contributed by atoms with van der Waals surface area (Å²) in [6.07, 6.45) is 5.30. The van der Waals surface area contributed by atoms with Gasteiger partial charge in [-0.1, -0.05) is 39.3 Å². The number of carbonyl (C=O) groups is 1. The number of halogens is 4. The van der Waals surface area contributed by atoms with E-state index in [1.54, 1.807) is 6.92 Å². The first-order valence-electron chi connectivity index (χ1n) is 14.7. The van der Waals surface area contributed by atoms with Gasteiger partial charge in [-0.3, -0.25) is 9.78 Å². The fourth-order valence-electron chi connectivity index (χ4n) is 5.67. The fraction of sp³-hybridized carbons (Fsp3) is 0.441. The Hall–Kier alpha value is -3.19. The highest BCUT2D eigenvalue weighted by atomic mass is 35.5. The number of amides is 1. The number of hydrogen-bond donors (Lipinski definition) is 1. The summed E-state index contributed by atoms with van der Waals surface area (Å²) >= 11 is 6.14. The van der Waals surface area contributed by atoms with Crippen molar-refractivity contribution in [2.75, 3.05) is 13.1 Å². The van der Waals surface area contributed by atoms with Crippen LogP contribution >= 0.6 is 11.6 Å². The monoisotopic (exact) mass is 598 g/mol. The summed E-state index contributed by atoms with van der Waals surface area (Å²) in [6, 6.07) is 8.42. The molecular weight excluding hydrogens is 559 g/mol. The Balaban J connectivity index is 0.000000258. The van der Waals surface area contributed by atoms with E-state index in [1.165, 1.54) is 22.9 Å². The predicted molar refractivity (Wildman–Crippen MR) is 164 cm³/mol. The van der Waals surface area contributed by atoms with E-state index in [0.717, 1.165) is 35.2 Å². The van der Waals surface area contributed by atoms with E-state index in [0.29, 0.717) is 42.6 Å². The molecule has 1 unspecified atom stereocenters. The van der Waals surface area contributed by atoms with Crippen LogP contribution in [0.25, 0.3) is 11.3 Å². The van der Waals surface area contributed by atoms with Gasteiger partial charge in [0.1, 0.15) is 34.4 Å². The van der Waals surface area contributed by atoms with Crippen LogP contribution < -0.4 is 5.32 Å². The first kappa shape index (κ1) is 31.7. The zero-order valence-electron chi connectivity index (χ0n) is 25.3. The largest absolute Gasteiger partial charge is 0.358 e. The van der Waals surface area contributed by atoms with Crippen molar-refractivity contribution in [3.05, 3.63) is 80.5 Å². The van der Waals surface area contributed by atoms with Gasteiger partial charge in [-0.15, -0.1) is 0 Å². The first-order chi connectivity index (χ1) is 19.9. The highest BCUT2D eigenvalue weighted by Crippen LogP contribution is 2.51. The number of aromatic nitrogens is 1. The topological polar surface area (TPSA) is 45.0 Å². The summed E-state index contributed by atoms with van der Waals surface area (Å²) in [5.41, 5.74) is 5.60. The van der Waals surface area contributed by atoms with Crippen molar-refractivity contribution in [1.82, 2.24) is 10.3 Å². The molecule has 1 atom stereocenters. The van der Waals surface area contributed by atoms with E-state index < -0.39 is 23.2 Å². The number of pyridine rings is 1. The van der Waals surface area contributed by atoms with Crippen molar-refractivity contribution >= 4 is 29.9 Å². The Bertz CT molecular complexity index is 1510. The molecule has 3 aromatic rings. The first-order valence-corrected chi connectivity index (χ1v) is 15.1. The van der Waals surface area contributed by atoms with E-state index in [9.17, 15) is 13.6 Å². The quantitative estimate of drug-likeness (QED) is 0.188. The molecule has 1 fully saturated rings. The van der Waals surface area contributed by atoms with Crippen LogP contribution in [0, 0.1) is 25.5 Å². The number of fused-ring (bicyclic) bond motifs is 1. The lowest BCUT2D eigenvalue weighted by Crippen LogP contribution is -2.29. The third-order valence-corrected chi connectivity index (χ3v) is 8.34. The third kappa shape index (κ3) is 6.56. The molecule has 0 bridgehead atoms. The minimum Gasteiger partial charge on any atom is -0.358 e. The van der Waals surface area contributed by atoms with Crippen LogP contribution in [-0.4, -0.2) is 40.9 Å². The molecule has 1 aromatic heterocycles. The van der Waals surface area contributed by atoms with Crippen molar-refractivity contribution in [2.24, 2.45) is 0 Å². The SMILES string of the molecule is CCC[N+]1=Cc2cc(C)cc(Cl)c21.CCc1c(C(C)C)cc(C(CNC=O)C2(F)CC2)nc1-c1cc(C)c(F)cc1F. The number of aryl methyl sites for hydroxylation is 2. The summed E-state index contributed by atoms with van der Waals surface area (Å²) in [7, 11) is 0. The Morgan fingerprint density at radius 3 is 2.38 bits per heavy atom. The van der Waals surface area contributed by atoms with Crippen molar-refractivity contribution in [3.63, 3.8) is 0 Å². The molecule has 1 saturated carbocycles. The van der Waals surface area contributed by atoms with Crippen LogP contribution in [0.5, 0.6) is 0 Å². The molecule has 8 heteroatoms. The molecule has 42 heavy (non-hydrogen) atoms. The molecule has 224 valence electrons. The normalized spacial score (nSPS) is 15.2. The molecular formula is C34H40ClF3N3O+. The van der Waals surface area contributed by atoms with E-state index in [4.69, 9.17) is 11.6 Å². The van der Waals surface area contributed by atoms with Gasteiger partial charge in [0.25, 0.3) is 0 Å². The summed E-state index contributed by atoms with van der Waals surface area (Å²) in [4.78, 5) is 15.5. The molecule has 2 aromatic carbocycles. The second kappa shape index (κ2) is 13.0. The lowest BCUT2D eigenvalue weighted by atomic mass is 9.87. The maximum Gasteiger partial charge on any atom is 0.237 e. The van der Waals surface area contributed by atoms with Gasteiger partial charge in [0, 0.05) is 30.3 Å². The minimum absolute atomic E-state index is 0.115. The Morgan fingerprint density at radius 1 is 1.10 bits per heavy atom. The minimum atomic E-state index is -1.42. The standard InChI is InChI=1S/C23H27F3N2O.C11H13ClN/c1-5-15-16(13(2)3)9-21(18(11-27-12-29)23(26)6-7-23)28-22(15)17-8-14(4)19(24)10-20(17)25;1-3-4-13-7-9-5-8(2)6-10(12)11(9)13/h8-10,12-13,18H,5-7,11H2,1-4H3,(H,27,29);5-7H,3-4H2,1-2H3/q;+1. The molecule has 0 spiro atoms. The van der Waals surface area contributed by atoms with E-state index >= 15 is 4.39 Å². The van der Waals surface area contributed by atoms with Gasteiger partial charge in [-0.25, -0.2) is 13.2 Å². The van der Waals surface area contributed by atoms with Gasteiger partial charge in [0.2, 0.25) is 12.1 Å². The average Bonchev–Trinajstić information content (AvgIpc) is 3.67. The average molecular weight is 599 g/mol. The maximum absolute atomic E-state index is 15.1. The van der Waals surface area contributed by atoms with Crippen molar-refractivity contribution in [1.29, 1.82) is 0 Å². The lowest BCUT2D eigenvalue weighted by molar-refractivity contribution is -0.446. The number of rotatable bonds is 10. The molecule has 0 saturated heterocycles. The van der Waals surface area contributed by atoms with Crippen LogP contribution in [0.1, 0.15) is 92.3 Å². The van der Waals surface area contributed by atoms with Crippen LogP contribution in [0.3, 0.4) is 0 Å². The van der Waals surface area contributed by atoms with Gasteiger partial charge in [-0.05, 0) is 85.5 Å². The molecule has 1 aliphatic carbocycles. The number of hydrogen-bond acceptors (Lipinski definition) is 2. The van der Waals surface area contributed by atoms with Crippen LogP contribution in [0.15, 0.2) is 30.3 Å². The second-order valence-electron chi connectivity index (χ2n) is 11.7. The predicted octanol–water partition coefficient (Wildman–Crippen LogP) is 8.49. The fourth-order valence-corrected chi connectivity index (χ4v) is 6.06. The zero-order chi connectivity index (χ0) is 30.8. The van der Waals surface area contributed by atoms with Gasteiger partial charge in [0.15, 0.2) is 6.21 Å². The van der Waals surface area contributed by atoms with Gasteiger partial charge in [0.05, 0.1) is 11.6 Å². The van der Waals surface area contributed by atoms with E-state index in [-0.39, 0.29) is 18.0 Å². The van der Waals surface area contributed by atoms with Crippen molar-refractivity contribution in [3.8, 4) is 11.3 Å². The summed E-state index contributed by atoms with van der Waals surface area (Å²) in [5, 5.41) is 3.45. The summed E-state index contributed by atoms with van der Waals surface area (Å²) < 4.78 is 45.9. The molecule has 5 rings (SSSR count).